The van der Waals surface area contributed by atoms with Crippen LogP contribution in [0, 0.1) is 0 Å². The molecule has 0 bridgehead atoms. The van der Waals surface area contributed by atoms with Gasteiger partial charge in [0.25, 0.3) is 0 Å². The number of methoxy groups -OCH3 is 2. The fraction of sp³-hybridized carbons (Fsp3) is 0.286. The Bertz CT molecular complexity index is 595. The van der Waals surface area contributed by atoms with Crippen molar-refractivity contribution in [3.8, 4) is 5.75 Å². The number of hydrogen-bond donors (Lipinski definition) is 1. The number of carbonyl (C=O) groups is 1. The second-order valence-electron chi connectivity index (χ2n) is 4.26. The Morgan fingerprint density at radius 3 is 2.80 bits per heavy atom. The number of ether oxygens (including phenoxy) is 2. The summed E-state index contributed by atoms with van der Waals surface area (Å²) in [5, 5.41) is 3.13. The number of aromatic nitrogens is 2. The van der Waals surface area contributed by atoms with E-state index in [1.54, 1.807) is 24.2 Å². The molecule has 1 heterocycles. The highest BCUT2D eigenvalue weighted by molar-refractivity contribution is 5.80. The van der Waals surface area contributed by atoms with Crippen molar-refractivity contribution in [3.05, 3.63) is 42.5 Å². The Hall–Kier alpha value is -2.50. The highest BCUT2D eigenvalue weighted by Crippen LogP contribution is 2.23. The van der Waals surface area contributed by atoms with Gasteiger partial charge in [-0.05, 0) is 12.1 Å². The predicted octanol–water partition coefficient (Wildman–Crippen LogP) is 1.75. The maximum Gasteiger partial charge on any atom is 0.334 e. The number of anilines is 1. The number of nitrogens with zero attached hydrogens (tertiary/aromatic N) is 2. The van der Waals surface area contributed by atoms with Crippen LogP contribution in [-0.4, -0.2) is 29.7 Å². The van der Waals surface area contributed by atoms with Gasteiger partial charge in [-0.1, -0.05) is 6.07 Å². The van der Waals surface area contributed by atoms with Crippen LogP contribution in [0.2, 0.25) is 0 Å². The largest absolute Gasteiger partial charge is 0.497 e. The Labute approximate surface area is 117 Å². The lowest BCUT2D eigenvalue weighted by molar-refractivity contribution is -0.141. The molecule has 1 unspecified atom stereocenters. The molecule has 1 N–H and O–H groups in total. The molecule has 0 amide bonds. The fourth-order valence-electron chi connectivity index (χ4n) is 1.90. The average molecular weight is 275 g/mol. The van der Waals surface area contributed by atoms with Gasteiger partial charge in [0, 0.05) is 18.8 Å². The minimum Gasteiger partial charge on any atom is -0.497 e. The van der Waals surface area contributed by atoms with Crippen molar-refractivity contribution in [2.45, 2.75) is 6.04 Å². The van der Waals surface area contributed by atoms with E-state index in [0.29, 0.717) is 5.75 Å². The van der Waals surface area contributed by atoms with E-state index in [1.165, 1.54) is 7.11 Å². The number of hydrogen-bond acceptors (Lipinski definition) is 5. The number of esters is 1. The molecule has 1 aromatic heterocycles. The zero-order valence-corrected chi connectivity index (χ0v) is 11.7. The number of carbonyl (C=O) groups excluding carboxylic acids is 1. The summed E-state index contributed by atoms with van der Waals surface area (Å²) in [5.41, 5.74) is 1.49. The number of aryl methyl sites for hydroxylation is 1. The first-order chi connectivity index (χ1) is 9.65. The molecule has 0 saturated heterocycles. The van der Waals surface area contributed by atoms with E-state index in [1.807, 2.05) is 31.3 Å². The molecule has 2 rings (SSSR count). The number of imidazole rings is 1. The lowest BCUT2D eigenvalue weighted by Crippen LogP contribution is -2.24. The summed E-state index contributed by atoms with van der Waals surface area (Å²) in [6.45, 7) is 0. The molecule has 1 aromatic carbocycles. The van der Waals surface area contributed by atoms with Gasteiger partial charge in [0.15, 0.2) is 6.04 Å². The van der Waals surface area contributed by atoms with Crippen LogP contribution in [0.4, 0.5) is 5.69 Å². The van der Waals surface area contributed by atoms with E-state index in [9.17, 15) is 4.79 Å². The first kappa shape index (κ1) is 13.9. The van der Waals surface area contributed by atoms with Crippen molar-refractivity contribution in [1.82, 2.24) is 9.55 Å². The van der Waals surface area contributed by atoms with Crippen LogP contribution in [0.25, 0.3) is 0 Å². The molecule has 1 atom stereocenters. The van der Waals surface area contributed by atoms with Gasteiger partial charge in [0.1, 0.15) is 5.75 Å². The predicted molar refractivity (Wildman–Crippen MR) is 74.6 cm³/mol. The molecule has 0 radical (unpaired) electrons. The van der Waals surface area contributed by atoms with Crippen LogP contribution in [0.1, 0.15) is 11.7 Å². The maximum absolute atomic E-state index is 12.0. The Balaban J connectivity index is 2.28. The zero-order chi connectivity index (χ0) is 14.5. The van der Waals surface area contributed by atoms with Crippen LogP contribution < -0.4 is 10.1 Å². The molecule has 0 fully saturated rings. The molecule has 2 aromatic rings. The van der Waals surface area contributed by atoms with Crippen molar-refractivity contribution in [2.75, 3.05) is 19.5 Å². The molecule has 6 heteroatoms. The summed E-state index contributed by atoms with van der Waals surface area (Å²) in [7, 11) is 4.78. The first-order valence-corrected chi connectivity index (χ1v) is 6.10. The van der Waals surface area contributed by atoms with Crippen molar-refractivity contribution < 1.29 is 14.3 Å². The molecule has 106 valence electrons. The Morgan fingerprint density at radius 1 is 1.40 bits per heavy atom. The van der Waals surface area contributed by atoms with Gasteiger partial charge in [0.05, 0.1) is 32.4 Å². The zero-order valence-electron chi connectivity index (χ0n) is 11.7. The highest BCUT2D eigenvalue weighted by Gasteiger charge is 2.24. The van der Waals surface area contributed by atoms with E-state index in [4.69, 9.17) is 9.47 Å². The van der Waals surface area contributed by atoms with E-state index in [2.05, 4.69) is 10.3 Å². The van der Waals surface area contributed by atoms with Gasteiger partial charge >= 0.3 is 5.97 Å². The highest BCUT2D eigenvalue weighted by atomic mass is 16.5. The smallest absolute Gasteiger partial charge is 0.334 e. The molecular formula is C14H17N3O3. The fourth-order valence-corrected chi connectivity index (χ4v) is 1.90. The first-order valence-electron chi connectivity index (χ1n) is 6.10. The summed E-state index contributed by atoms with van der Waals surface area (Å²) in [6, 6.07) is 6.72. The van der Waals surface area contributed by atoms with Gasteiger partial charge in [0.2, 0.25) is 0 Å². The van der Waals surface area contributed by atoms with Crippen LogP contribution in [0.15, 0.2) is 36.8 Å². The molecule has 0 aliphatic carbocycles. The second-order valence-corrected chi connectivity index (χ2v) is 4.26. The molecule has 0 saturated carbocycles. The van der Waals surface area contributed by atoms with Gasteiger partial charge < -0.3 is 19.4 Å². The van der Waals surface area contributed by atoms with Crippen LogP contribution in [0.5, 0.6) is 5.75 Å². The van der Waals surface area contributed by atoms with Crippen molar-refractivity contribution in [2.24, 2.45) is 7.05 Å². The van der Waals surface area contributed by atoms with Gasteiger partial charge in [-0.15, -0.1) is 0 Å². The van der Waals surface area contributed by atoms with Crippen molar-refractivity contribution >= 4 is 11.7 Å². The van der Waals surface area contributed by atoms with Gasteiger partial charge in [-0.2, -0.15) is 0 Å². The standard InChI is InChI=1S/C14H17N3O3/c1-17-9-15-8-12(17)13(14(18)20-3)16-10-5-4-6-11(7-10)19-2/h4-9,13,16H,1-3H3. The summed E-state index contributed by atoms with van der Waals surface area (Å²) in [5.74, 6) is 0.333. The number of nitrogens with one attached hydrogen (secondary N) is 1. The third-order valence-electron chi connectivity index (χ3n) is 2.97. The summed E-state index contributed by atoms with van der Waals surface area (Å²) in [6.07, 6.45) is 3.27. The quantitative estimate of drug-likeness (QED) is 0.842. The lowest BCUT2D eigenvalue weighted by Gasteiger charge is -2.18. The summed E-state index contributed by atoms with van der Waals surface area (Å²) >= 11 is 0. The van der Waals surface area contributed by atoms with E-state index >= 15 is 0 Å². The van der Waals surface area contributed by atoms with E-state index in [0.717, 1.165) is 11.4 Å². The summed E-state index contributed by atoms with van der Waals surface area (Å²) < 4.78 is 11.8. The second kappa shape index (κ2) is 6.10. The molecule has 6 nitrogen and oxygen atoms in total. The molecular weight excluding hydrogens is 258 g/mol. The number of benzene rings is 1. The van der Waals surface area contributed by atoms with Gasteiger partial charge in [-0.3, -0.25) is 0 Å². The van der Waals surface area contributed by atoms with Crippen LogP contribution in [-0.2, 0) is 16.6 Å². The third kappa shape index (κ3) is 2.90. The monoisotopic (exact) mass is 275 g/mol. The average Bonchev–Trinajstić information content (AvgIpc) is 2.90. The minimum absolute atomic E-state index is 0.378. The maximum atomic E-state index is 12.0. The normalized spacial score (nSPS) is 11.8. The molecule has 0 aliphatic heterocycles. The van der Waals surface area contributed by atoms with Crippen LogP contribution >= 0.6 is 0 Å². The molecule has 0 spiro atoms. The van der Waals surface area contributed by atoms with E-state index in [-0.39, 0.29) is 5.97 Å². The van der Waals surface area contributed by atoms with E-state index < -0.39 is 6.04 Å². The topological polar surface area (TPSA) is 65.4 Å². The minimum atomic E-state index is -0.625. The van der Waals surface area contributed by atoms with Crippen molar-refractivity contribution in [3.63, 3.8) is 0 Å². The summed E-state index contributed by atoms with van der Waals surface area (Å²) in [4.78, 5) is 16.0. The Morgan fingerprint density at radius 2 is 2.20 bits per heavy atom. The number of rotatable bonds is 5. The van der Waals surface area contributed by atoms with Crippen LogP contribution in [0.3, 0.4) is 0 Å². The Kier molecular flexibility index (Phi) is 4.24. The SMILES string of the molecule is COC(=O)C(Nc1cccc(OC)c1)c1cncn1C. The lowest BCUT2D eigenvalue weighted by atomic mass is 10.2. The van der Waals surface area contributed by atoms with Gasteiger partial charge in [-0.25, -0.2) is 9.78 Å². The van der Waals surface area contributed by atoms with Crippen molar-refractivity contribution in [1.29, 1.82) is 0 Å². The molecule has 0 aliphatic rings. The third-order valence-corrected chi connectivity index (χ3v) is 2.97. The molecule has 20 heavy (non-hydrogen) atoms.